The second-order valence-corrected chi connectivity index (χ2v) is 13.3. The van der Waals surface area contributed by atoms with Crippen molar-refractivity contribution in [1.82, 2.24) is 5.32 Å². The summed E-state index contributed by atoms with van der Waals surface area (Å²) in [5.74, 6) is 0.114. The Hall–Kier alpha value is -3.05. The number of methoxy groups -OCH3 is 1. The van der Waals surface area contributed by atoms with Gasteiger partial charge in [-0.1, -0.05) is 42.1 Å². The van der Waals surface area contributed by atoms with Gasteiger partial charge < -0.3 is 19.7 Å². The van der Waals surface area contributed by atoms with Gasteiger partial charge in [0.25, 0.3) is 5.91 Å². The number of nitrogens with one attached hydrogen (secondary N) is 1. The molecule has 2 fully saturated rings. The van der Waals surface area contributed by atoms with Crippen LogP contribution in [0.25, 0.3) is 0 Å². The number of hydrogen-bond donors (Lipinski definition) is 1. The molecule has 0 bridgehead atoms. The second-order valence-electron chi connectivity index (χ2n) is 9.99. The number of sulfone groups is 1. The van der Waals surface area contributed by atoms with E-state index in [0.717, 1.165) is 5.56 Å². The van der Waals surface area contributed by atoms with Gasteiger partial charge in [-0.3, -0.25) is 4.79 Å². The van der Waals surface area contributed by atoms with Gasteiger partial charge in [0.1, 0.15) is 17.4 Å². The molecule has 2 saturated heterocycles. The molecule has 11 heteroatoms. The summed E-state index contributed by atoms with van der Waals surface area (Å²) >= 11 is 1.28. The minimum Gasteiger partial charge on any atom is -0.497 e. The van der Waals surface area contributed by atoms with Crippen molar-refractivity contribution in [2.45, 2.75) is 50.1 Å². The highest BCUT2D eigenvalue weighted by molar-refractivity contribution is 8.16. The number of alkyl carbamates (subject to hydrolysis) is 1. The fourth-order valence-electron chi connectivity index (χ4n) is 4.28. The largest absolute Gasteiger partial charge is 0.497 e. The number of aliphatic imine (C=N–C) groups is 1. The first-order valence-corrected chi connectivity index (χ1v) is 14.6. The molecule has 2 aliphatic heterocycles. The van der Waals surface area contributed by atoms with E-state index in [1.807, 2.05) is 47.4 Å². The molecule has 37 heavy (non-hydrogen) atoms. The first-order valence-electron chi connectivity index (χ1n) is 11.9. The van der Waals surface area contributed by atoms with E-state index < -0.39 is 33.5 Å². The van der Waals surface area contributed by atoms with Crippen LogP contribution in [0.5, 0.6) is 5.75 Å². The van der Waals surface area contributed by atoms with Crippen molar-refractivity contribution in [3.8, 4) is 5.75 Å². The fourth-order valence-corrected chi connectivity index (χ4v) is 8.20. The average molecular weight is 546 g/mol. The molecule has 0 saturated carbocycles. The normalized spacial score (nSPS) is 22.4. The van der Waals surface area contributed by atoms with Gasteiger partial charge in [0.2, 0.25) is 0 Å². The summed E-state index contributed by atoms with van der Waals surface area (Å²) in [5, 5.41) is 2.83. The molecule has 0 unspecified atom stereocenters. The lowest BCUT2D eigenvalue weighted by atomic mass is 10.1. The number of fused-ring (bicyclic) bond motifs is 1. The SMILES string of the molecule is COc1ccc(N2C(=NC(=O)[C@@H](Cc3ccccc3)NC(=O)OC(C)(C)C)S[C@H]3CS(=O)(=O)C[C@H]32)cc1. The molecule has 2 aromatic rings. The molecular formula is C26H31N3O6S2. The molecule has 198 valence electrons. The first-order chi connectivity index (χ1) is 17.4. The van der Waals surface area contributed by atoms with Gasteiger partial charge in [-0.05, 0) is 50.6 Å². The van der Waals surface area contributed by atoms with Crippen molar-refractivity contribution >= 4 is 44.5 Å². The van der Waals surface area contributed by atoms with Crippen molar-refractivity contribution in [2.75, 3.05) is 23.5 Å². The Kier molecular flexibility index (Phi) is 7.84. The predicted octanol–water partition coefficient (Wildman–Crippen LogP) is 3.43. The zero-order valence-electron chi connectivity index (χ0n) is 21.2. The molecule has 0 spiro atoms. The maximum Gasteiger partial charge on any atom is 0.408 e. The van der Waals surface area contributed by atoms with Crippen LogP contribution in [0.2, 0.25) is 0 Å². The summed E-state index contributed by atoms with van der Waals surface area (Å²) in [5.41, 5.74) is 0.835. The third-order valence-electron chi connectivity index (χ3n) is 5.89. The fraction of sp³-hybridized carbons (Fsp3) is 0.423. The Bertz CT molecular complexity index is 1270. The molecule has 4 rings (SSSR count). The van der Waals surface area contributed by atoms with Crippen LogP contribution in [0.15, 0.2) is 59.6 Å². The van der Waals surface area contributed by atoms with Crippen molar-refractivity contribution in [3.05, 3.63) is 60.2 Å². The van der Waals surface area contributed by atoms with Gasteiger partial charge in [-0.25, -0.2) is 13.2 Å². The van der Waals surface area contributed by atoms with Crippen LogP contribution in [0, 0.1) is 0 Å². The molecule has 2 amide bonds. The van der Waals surface area contributed by atoms with E-state index in [-0.39, 0.29) is 29.2 Å². The lowest BCUT2D eigenvalue weighted by molar-refractivity contribution is -0.119. The summed E-state index contributed by atoms with van der Waals surface area (Å²) in [4.78, 5) is 32.3. The Balaban J connectivity index is 1.64. The zero-order chi connectivity index (χ0) is 26.8. The van der Waals surface area contributed by atoms with Crippen molar-refractivity contribution in [1.29, 1.82) is 0 Å². The van der Waals surface area contributed by atoms with Crippen LogP contribution >= 0.6 is 11.8 Å². The van der Waals surface area contributed by atoms with Crippen LogP contribution in [0.4, 0.5) is 10.5 Å². The maximum atomic E-state index is 13.5. The number of ether oxygens (including phenoxy) is 2. The summed E-state index contributed by atoms with van der Waals surface area (Å²) < 4.78 is 35.4. The highest BCUT2D eigenvalue weighted by Gasteiger charge is 2.49. The number of rotatable bonds is 6. The number of amidine groups is 1. The standard InChI is InChI=1S/C26H31N3O6S2/c1-26(2,3)35-25(31)27-20(14-17-8-6-5-7-9-17)23(30)28-24-29(18-10-12-19(34-4)13-11-18)21-15-37(32,33)16-22(21)36-24/h5-13,20-22H,14-16H2,1-4H3,(H,27,31)/t20-,21-,22+/m1/s1. The topological polar surface area (TPSA) is 114 Å². The molecular weight excluding hydrogens is 514 g/mol. The Labute approximate surface area is 221 Å². The van der Waals surface area contributed by atoms with Gasteiger partial charge >= 0.3 is 6.09 Å². The first kappa shape index (κ1) is 27.0. The van der Waals surface area contributed by atoms with E-state index in [0.29, 0.717) is 16.6 Å². The van der Waals surface area contributed by atoms with Gasteiger partial charge in [0.15, 0.2) is 15.0 Å². The molecule has 9 nitrogen and oxygen atoms in total. The van der Waals surface area contributed by atoms with Crippen LogP contribution in [-0.4, -0.2) is 67.1 Å². The smallest absolute Gasteiger partial charge is 0.408 e. The summed E-state index contributed by atoms with van der Waals surface area (Å²) in [6.07, 6.45) is -0.486. The van der Waals surface area contributed by atoms with Crippen LogP contribution in [-0.2, 0) is 25.8 Å². The number of anilines is 1. The molecule has 0 aliphatic carbocycles. The second kappa shape index (κ2) is 10.7. The molecule has 2 aromatic carbocycles. The molecule has 0 radical (unpaired) electrons. The number of carbonyl (C=O) groups is 2. The summed E-state index contributed by atoms with van der Waals surface area (Å²) in [6.45, 7) is 5.24. The Morgan fingerprint density at radius 3 is 2.41 bits per heavy atom. The molecule has 3 atom stereocenters. The number of hydrogen-bond acceptors (Lipinski definition) is 7. The highest BCUT2D eigenvalue weighted by Crippen LogP contribution is 2.41. The van der Waals surface area contributed by atoms with Gasteiger partial charge in [0.05, 0.1) is 24.7 Å². The number of thioether (sulfide) groups is 1. The molecule has 1 N–H and O–H groups in total. The van der Waals surface area contributed by atoms with Gasteiger partial charge in [-0.2, -0.15) is 4.99 Å². The monoisotopic (exact) mass is 545 g/mol. The lowest BCUT2D eigenvalue weighted by Crippen LogP contribution is -2.45. The molecule has 2 aliphatic rings. The number of amides is 2. The van der Waals surface area contributed by atoms with Crippen molar-refractivity contribution < 1.29 is 27.5 Å². The predicted molar refractivity (Wildman–Crippen MR) is 145 cm³/mol. The number of benzene rings is 2. The van der Waals surface area contributed by atoms with E-state index in [1.54, 1.807) is 40.0 Å². The zero-order valence-corrected chi connectivity index (χ0v) is 22.8. The quantitative estimate of drug-likeness (QED) is 0.587. The van der Waals surface area contributed by atoms with Crippen molar-refractivity contribution in [3.63, 3.8) is 0 Å². The average Bonchev–Trinajstić information content (AvgIpc) is 3.28. The lowest BCUT2D eigenvalue weighted by Gasteiger charge is -2.25. The summed E-state index contributed by atoms with van der Waals surface area (Å²) in [6, 6.07) is 15.2. The number of nitrogens with zero attached hydrogens (tertiary/aromatic N) is 2. The van der Waals surface area contributed by atoms with E-state index in [2.05, 4.69) is 10.3 Å². The Morgan fingerprint density at radius 2 is 1.78 bits per heavy atom. The third kappa shape index (κ3) is 6.84. The Morgan fingerprint density at radius 1 is 1.11 bits per heavy atom. The van der Waals surface area contributed by atoms with Crippen molar-refractivity contribution in [2.24, 2.45) is 4.99 Å². The van der Waals surface area contributed by atoms with E-state index >= 15 is 0 Å². The molecule has 2 heterocycles. The minimum atomic E-state index is -3.20. The van der Waals surface area contributed by atoms with Gasteiger partial charge in [0, 0.05) is 17.4 Å². The van der Waals surface area contributed by atoms with E-state index in [4.69, 9.17) is 9.47 Å². The minimum absolute atomic E-state index is 0.0196. The highest BCUT2D eigenvalue weighted by atomic mass is 32.2. The molecule has 0 aromatic heterocycles. The van der Waals surface area contributed by atoms with E-state index in [1.165, 1.54) is 11.8 Å². The van der Waals surface area contributed by atoms with E-state index in [9.17, 15) is 18.0 Å². The maximum absolute atomic E-state index is 13.5. The third-order valence-corrected chi connectivity index (χ3v) is 9.10. The van der Waals surface area contributed by atoms with Gasteiger partial charge in [-0.15, -0.1) is 0 Å². The summed E-state index contributed by atoms with van der Waals surface area (Å²) in [7, 11) is -1.64. The van der Waals surface area contributed by atoms with Crippen LogP contribution < -0.4 is 15.0 Å². The number of carbonyl (C=O) groups excluding carboxylic acids is 2. The van der Waals surface area contributed by atoms with Crippen LogP contribution in [0.3, 0.4) is 0 Å². The van der Waals surface area contributed by atoms with Crippen LogP contribution in [0.1, 0.15) is 26.3 Å².